The number of methoxy groups -OCH3 is 1. The zero-order valence-electron chi connectivity index (χ0n) is 11.0. The number of hydrogen-bond donors (Lipinski definition) is 1. The molecule has 0 saturated heterocycles. The number of aromatic nitrogens is 2. The molecule has 0 unspecified atom stereocenters. The van der Waals surface area contributed by atoms with Crippen molar-refractivity contribution in [3.63, 3.8) is 0 Å². The highest BCUT2D eigenvalue weighted by Gasteiger charge is 2.23. The van der Waals surface area contributed by atoms with E-state index in [1.165, 1.54) is 6.07 Å². The Hall–Kier alpha value is -2.04. The van der Waals surface area contributed by atoms with Crippen LogP contribution in [0.1, 0.15) is 18.5 Å². The second-order valence-corrected chi connectivity index (χ2v) is 4.81. The minimum absolute atomic E-state index is 0.294. The number of anilines is 1. The Morgan fingerprint density at radius 1 is 1.42 bits per heavy atom. The molecule has 1 aliphatic rings. The van der Waals surface area contributed by atoms with Crippen molar-refractivity contribution in [2.75, 3.05) is 12.4 Å². The summed E-state index contributed by atoms with van der Waals surface area (Å²) in [5.41, 5.74) is 1.30. The van der Waals surface area contributed by atoms with Gasteiger partial charge < -0.3 is 10.1 Å². The number of benzene rings is 1. The van der Waals surface area contributed by atoms with Crippen molar-refractivity contribution < 1.29 is 9.13 Å². The standard InChI is InChI=1S/C14H16FN3O/c1-9-8-18(14(16-9)17-10-3-4-10)13-7-11(19-2)5-6-12(13)15/h5-8,10H,3-4H2,1-2H3,(H,16,17). The number of hydrogen-bond acceptors (Lipinski definition) is 3. The van der Waals surface area contributed by atoms with Gasteiger partial charge in [-0.15, -0.1) is 0 Å². The van der Waals surface area contributed by atoms with Crippen molar-refractivity contribution in [2.24, 2.45) is 0 Å². The Bertz CT molecular complexity index is 605. The van der Waals surface area contributed by atoms with Crippen LogP contribution in [0.4, 0.5) is 10.3 Å². The Morgan fingerprint density at radius 3 is 2.89 bits per heavy atom. The maximum Gasteiger partial charge on any atom is 0.208 e. The highest BCUT2D eigenvalue weighted by atomic mass is 19.1. The van der Waals surface area contributed by atoms with Gasteiger partial charge in [-0.1, -0.05) is 0 Å². The summed E-state index contributed by atoms with van der Waals surface area (Å²) in [6.07, 6.45) is 4.11. The molecule has 0 atom stereocenters. The van der Waals surface area contributed by atoms with Crippen molar-refractivity contribution in [3.8, 4) is 11.4 Å². The lowest BCUT2D eigenvalue weighted by Gasteiger charge is -2.11. The monoisotopic (exact) mass is 261 g/mol. The molecule has 1 aromatic heterocycles. The second kappa shape index (κ2) is 4.57. The summed E-state index contributed by atoms with van der Waals surface area (Å²) in [4.78, 5) is 4.41. The van der Waals surface area contributed by atoms with Crippen LogP contribution in [0.3, 0.4) is 0 Å². The SMILES string of the molecule is COc1ccc(F)c(-n2cc(C)nc2NC2CC2)c1. The number of nitrogens with zero attached hydrogens (tertiary/aromatic N) is 2. The molecule has 5 heteroatoms. The number of nitrogens with one attached hydrogen (secondary N) is 1. The Labute approximate surface area is 111 Å². The number of rotatable bonds is 4. The van der Waals surface area contributed by atoms with Crippen LogP contribution >= 0.6 is 0 Å². The summed E-state index contributed by atoms with van der Waals surface area (Å²) in [6.45, 7) is 1.90. The molecule has 1 aliphatic carbocycles. The van der Waals surface area contributed by atoms with Crippen molar-refractivity contribution >= 4 is 5.95 Å². The third-order valence-electron chi connectivity index (χ3n) is 3.15. The Balaban J connectivity index is 2.04. The third-order valence-corrected chi connectivity index (χ3v) is 3.15. The van der Waals surface area contributed by atoms with Crippen LogP contribution in [0.5, 0.6) is 5.75 Å². The number of imidazole rings is 1. The molecule has 0 aliphatic heterocycles. The summed E-state index contributed by atoms with van der Waals surface area (Å²) in [5, 5.41) is 3.31. The zero-order valence-corrected chi connectivity index (χ0v) is 11.0. The average Bonchev–Trinajstić information content (AvgIpc) is 3.13. The lowest BCUT2D eigenvalue weighted by Crippen LogP contribution is -2.08. The molecule has 1 saturated carbocycles. The third kappa shape index (κ3) is 2.41. The van der Waals surface area contributed by atoms with Crippen molar-refractivity contribution in [3.05, 3.63) is 35.9 Å². The predicted molar refractivity (Wildman–Crippen MR) is 71.5 cm³/mol. The molecule has 0 amide bonds. The van der Waals surface area contributed by atoms with Gasteiger partial charge in [-0.3, -0.25) is 4.57 Å². The molecule has 0 spiro atoms. The van der Waals surface area contributed by atoms with Gasteiger partial charge in [-0.2, -0.15) is 0 Å². The molecule has 100 valence electrons. The van der Waals surface area contributed by atoms with E-state index in [0.717, 1.165) is 18.5 Å². The van der Waals surface area contributed by atoms with E-state index in [2.05, 4.69) is 10.3 Å². The van der Waals surface area contributed by atoms with Crippen LogP contribution in [0.25, 0.3) is 5.69 Å². The molecular weight excluding hydrogens is 245 g/mol. The average molecular weight is 261 g/mol. The topological polar surface area (TPSA) is 39.1 Å². The number of aryl methyl sites for hydroxylation is 1. The number of halogens is 1. The zero-order chi connectivity index (χ0) is 13.4. The highest BCUT2D eigenvalue weighted by Crippen LogP contribution is 2.28. The molecule has 3 rings (SSSR count). The molecular formula is C14H16FN3O. The minimum atomic E-state index is -0.294. The largest absolute Gasteiger partial charge is 0.497 e. The van der Waals surface area contributed by atoms with Gasteiger partial charge in [0.25, 0.3) is 0 Å². The first-order valence-electron chi connectivity index (χ1n) is 6.34. The quantitative estimate of drug-likeness (QED) is 0.919. The van der Waals surface area contributed by atoms with E-state index in [-0.39, 0.29) is 5.82 Å². The first kappa shape index (κ1) is 12.0. The molecule has 1 N–H and O–H groups in total. The maximum absolute atomic E-state index is 14.0. The lowest BCUT2D eigenvalue weighted by atomic mass is 10.3. The fourth-order valence-electron chi connectivity index (χ4n) is 2.00. The van der Waals surface area contributed by atoms with Gasteiger partial charge in [0.15, 0.2) is 0 Å². The van der Waals surface area contributed by atoms with Gasteiger partial charge in [-0.05, 0) is 31.9 Å². The summed E-state index contributed by atoms with van der Waals surface area (Å²) in [7, 11) is 1.57. The van der Waals surface area contributed by atoms with Gasteiger partial charge in [0.2, 0.25) is 5.95 Å². The van der Waals surface area contributed by atoms with Crippen molar-refractivity contribution in [1.29, 1.82) is 0 Å². The molecule has 4 nitrogen and oxygen atoms in total. The van der Waals surface area contributed by atoms with E-state index < -0.39 is 0 Å². The van der Waals surface area contributed by atoms with E-state index in [1.54, 1.807) is 23.8 Å². The second-order valence-electron chi connectivity index (χ2n) is 4.81. The van der Waals surface area contributed by atoms with E-state index in [1.807, 2.05) is 13.1 Å². The Kier molecular flexibility index (Phi) is 2.89. The number of ether oxygens (including phenoxy) is 1. The first-order valence-corrected chi connectivity index (χ1v) is 6.34. The highest BCUT2D eigenvalue weighted by molar-refractivity contribution is 5.48. The predicted octanol–water partition coefficient (Wildman–Crippen LogP) is 2.90. The van der Waals surface area contributed by atoms with E-state index in [0.29, 0.717) is 23.4 Å². The van der Waals surface area contributed by atoms with E-state index in [4.69, 9.17) is 4.74 Å². The summed E-state index contributed by atoms with van der Waals surface area (Å²) >= 11 is 0. The molecule has 1 aromatic carbocycles. The van der Waals surface area contributed by atoms with Crippen molar-refractivity contribution in [2.45, 2.75) is 25.8 Å². The molecule has 2 aromatic rings. The van der Waals surface area contributed by atoms with E-state index in [9.17, 15) is 4.39 Å². The summed E-state index contributed by atoms with van der Waals surface area (Å²) in [5.74, 6) is 1.02. The molecule has 19 heavy (non-hydrogen) atoms. The summed E-state index contributed by atoms with van der Waals surface area (Å²) < 4.78 is 20.9. The molecule has 0 radical (unpaired) electrons. The summed E-state index contributed by atoms with van der Waals surface area (Å²) in [6, 6.07) is 5.16. The van der Waals surface area contributed by atoms with Gasteiger partial charge in [0.1, 0.15) is 11.6 Å². The minimum Gasteiger partial charge on any atom is -0.497 e. The van der Waals surface area contributed by atoms with Gasteiger partial charge in [0, 0.05) is 18.3 Å². The molecule has 0 bridgehead atoms. The lowest BCUT2D eigenvalue weighted by molar-refractivity contribution is 0.413. The van der Waals surface area contributed by atoms with Crippen LogP contribution in [-0.4, -0.2) is 22.7 Å². The van der Waals surface area contributed by atoms with Gasteiger partial charge in [0.05, 0.1) is 18.5 Å². The maximum atomic E-state index is 14.0. The first-order chi connectivity index (χ1) is 9.17. The van der Waals surface area contributed by atoms with Crippen LogP contribution in [0.15, 0.2) is 24.4 Å². The van der Waals surface area contributed by atoms with Crippen LogP contribution in [0.2, 0.25) is 0 Å². The van der Waals surface area contributed by atoms with Gasteiger partial charge in [-0.25, -0.2) is 9.37 Å². The van der Waals surface area contributed by atoms with Crippen LogP contribution in [-0.2, 0) is 0 Å². The molecule has 1 heterocycles. The van der Waals surface area contributed by atoms with Gasteiger partial charge >= 0.3 is 0 Å². The normalized spacial score (nSPS) is 14.5. The fourth-order valence-corrected chi connectivity index (χ4v) is 2.00. The fraction of sp³-hybridized carbons (Fsp3) is 0.357. The smallest absolute Gasteiger partial charge is 0.208 e. The molecule has 1 fully saturated rings. The Morgan fingerprint density at radius 2 is 2.21 bits per heavy atom. The van der Waals surface area contributed by atoms with Crippen LogP contribution in [0, 0.1) is 12.7 Å². The van der Waals surface area contributed by atoms with E-state index >= 15 is 0 Å². The van der Waals surface area contributed by atoms with Crippen molar-refractivity contribution in [1.82, 2.24) is 9.55 Å². The van der Waals surface area contributed by atoms with Crippen LogP contribution < -0.4 is 10.1 Å².